The maximum absolute atomic E-state index is 12.5. The van der Waals surface area contributed by atoms with Crippen molar-refractivity contribution >= 4 is 22.4 Å². The van der Waals surface area contributed by atoms with E-state index in [1.54, 1.807) is 18.2 Å². The highest BCUT2D eigenvalue weighted by molar-refractivity contribution is 5.88. The van der Waals surface area contributed by atoms with Crippen LogP contribution in [0.2, 0.25) is 0 Å². The second-order valence-electron chi connectivity index (χ2n) is 6.88. The number of phenols is 1. The molecule has 0 radical (unpaired) electrons. The van der Waals surface area contributed by atoms with E-state index in [1.165, 1.54) is 7.11 Å². The number of carbonyl (C=O) groups excluding carboxylic acids is 1. The van der Waals surface area contributed by atoms with Gasteiger partial charge in [0.15, 0.2) is 0 Å². The first kappa shape index (κ1) is 17.8. The normalized spacial score (nSPS) is 12.6. The number of aromatic hydroxyl groups is 1. The Labute approximate surface area is 153 Å². The van der Waals surface area contributed by atoms with Crippen molar-refractivity contribution in [3.63, 3.8) is 0 Å². The van der Waals surface area contributed by atoms with Gasteiger partial charge in [-0.2, -0.15) is 0 Å². The summed E-state index contributed by atoms with van der Waals surface area (Å²) >= 11 is 0. The van der Waals surface area contributed by atoms with Gasteiger partial charge in [-0.3, -0.25) is 4.79 Å². The third-order valence-electron chi connectivity index (χ3n) is 4.77. The Bertz CT molecular complexity index is 928. The van der Waals surface area contributed by atoms with Gasteiger partial charge in [0.1, 0.15) is 5.75 Å². The van der Waals surface area contributed by atoms with E-state index in [-0.39, 0.29) is 11.7 Å². The lowest BCUT2D eigenvalue weighted by molar-refractivity contribution is -0.151. The van der Waals surface area contributed by atoms with Crippen molar-refractivity contribution < 1.29 is 14.6 Å². The molecule has 0 aliphatic heterocycles. The Kier molecular flexibility index (Phi) is 4.85. The molecule has 3 rings (SSSR count). The number of anilines is 1. The molecule has 0 aliphatic rings. The SMILES string of the molecule is COC(=O)C(C)(C)C(Nc1ccccc1O)c1cccc2ccccc12. The van der Waals surface area contributed by atoms with Gasteiger partial charge in [0.25, 0.3) is 0 Å². The summed E-state index contributed by atoms with van der Waals surface area (Å²) in [5, 5.41) is 15.7. The van der Waals surface area contributed by atoms with Crippen LogP contribution in [0.25, 0.3) is 10.8 Å². The highest BCUT2D eigenvalue weighted by Gasteiger charge is 2.40. The smallest absolute Gasteiger partial charge is 0.313 e. The number of fused-ring (bicyclic) bond motifs is 1. The predicted octanol–water partition coefficient (Wildman–Crippen LogP) is 4.90. The third-order valence-corrected chi connectivity index (χ3v) is 4.77. The number of methoxy groups -OCH3 is 1. The van der Waals surface area contributed by atoms with E-state index < -0.39 is 11.5 Å². The lowest BCUT2D eigenvalue weighted by Gasteiger charge is -2.34. The number of ether oxygens (including phenoxy) is 1. The molecule has 0 spiro atoms. The van der Waals surface area contributed by atoms with Crippen molar-refractivity contribution in [1.82, 2.24) is 0 Å². The molecule has 134 valence electrons. The van der Waals surface area contributed by atoms with Crippen LogP contribution in [-0.4, -0.2) is 18.2 Å². The molecule has 4 heteroatoms. The minimum atomic E-state index is -0.860. The molecule has 2 N–H and O–H groups in total. The van der Waals surface area contributed by atoms with E-state index in [9.17, 15) is 9.90 Å². The summed E-state index contributed by atoms with van der Waals surface area (Å²) < 4.78 is 5.06. The molecule has 1 atom stereocenters. The van der Waals surface area contributed by atoms with Gasteiger partial charge < -0.3 is 15.2 Å². The number of benzene rings is 3. The number of hydrogen-bond acceptors (Lipinski definition) is 4. The van der Waals surface area contributed by atoms with E-state index in [0.717, 1.165) is 16.3 Å². The number of rotatable bonds is 5. The number of carbonyl (C=O) groups is 1. The summed E-state index contributed by atoms with van der Waals surface area (Å²) in [5.74, 6) is -0.184. The summed E-state index contributed by atoms with van der Waals surface area (Å²) in [7, 11) is 1.39. The molecule has 0 aromatic heterocycles. The molecular weight excluding hydrogens is 326 g/mol. The summed E-state index contributed by atoms with van der Waals surface area (Å²) in [6.07, 6.45) is 0. The third kappa shape index (κ3) is 3.23. The Morgan fingerprint density at radius 3 is 2.38 bits per heavy atom. The Morgan fingerprint density at radius 2 is 1.65 bits per heavy atom. The maximum atomic E-state index is 12.5. The molecule has 0 amide bonds. The van der Waals surface area contributed by atoms with Gasteiger partial charge >= 0.3 is 5.97 Å². The molecule has 0 bridgehead atoms. The first-order chi connectivity index (χ1) is 12.4. The molecule has 4 nitrogen and oxygen atoms in total. The van der Waals surface area contributed by atoms with Gasteiger partial charge in [0, 0.05) is 0 Å². The van der Waals surface area contributed by atoms with E-state index >= 15 is 0 Å². The van der Waals surface area contributed by atoms with Crippen LogP contribution in [0.1, 0.15) is 25.5 Å². The molecule has 3 aromatic carbocycles. The molecule has 0 saturated carbocycles. The second-order valence-corrected chi connectivity index (χ2v) is 6.88. The fraction of sp³-hybridized carbons (Fsp3) is 0.227. The summed E-state index contributed by atoms with van der Waals surface area (Å²) in [6.45, 7) is 3.69. The fourth-order valence-corrected chi connectivity index (χ4v) is 3.28. The van der Waals surface area contributed by atoms with E-state index in [1.807, 2.05) is 62.4 Å². The van der Waals surface area contributed by atoms with Crippen LogP contribution in [0, 0.1) is 5.41 Å². The van der Waals surface area contributed by atoms with Crippen LogP contribution < -0.4 is 5.32 Å². The standard InChI is InChI=1S/C22H23NO3/c1-22(2,21(25)26-3)20(23-18-13-6-7-14-19(18)24)17-12-8-10-15-9-4-5-11-16(15)17/h4-14,20,23-24H,1-3H3. The summed E-state index contributed by atoms with van der Waals surface area (Å²) in [6, 6.07) is 20.7. The van der Waals surface area contributed by atoms with Gasteiger partial charge in [-0.05, 0) is 42.3 Å². The largest absolute Gasteiger partial charge is 0.506 e. The van der Waals surface area contributed by atoms with E-state index in [0.29, 0.717) is 5.69 Å². The van der Waals surface area contributed by atoms with Crippen molar-refractivity contribution in [3.05, 3.63) is 72.3 Å². The van der Waals surface area contributed by atoms with Crippen molar-refractivity contribution in [3.8, 4) is 5.75 Å². The van der Waals surface area contributed by atoms with Gasteiger partial charge in [0.05, 0.1) is 24.3 Å². The number of para-hydroxylation sites is 2. The van der Waals surface area contributed by atoms with Crippen LogP contribution in [0.5, 0.6) is 5.75 Å². The number of esters is 1. The average Bonchev–Trinajstić information content (AvgIpc) is 2.66. The van der Waals surface area contributed by atoms with E-state index in [4.69, 9.17) is 4.74 Å². The molecule has 0 saturated heterocycles. The zero-order valence-corrected chi connectivity index (χ0v) is 15.2. The Morgan fingerprint density at radius 1 is 1.00 bits per heavy atom. The lowest BCUT2D eigenvalue weighted by atomic mass is 9.78. The number of phenolic OH excluding ortho intramolecular Hbond substituents is 1. The van der Waals surface area contributed by atoms with Crippen LogP contribution >= 0.6 is 0 Å². The quantitative estimate of drug-likeness (QED) is 0.508. The zero-order chi connectivity index (χ0) is 18.7. The van der Waals surface area contributed by atoms with Gasteiger partial charge in [-0.25, -0.2) is 0 Å². The van der Waals surface area contributed by atoms with Crippen molar-refractivity contribution in [2.45, 2.75) is 19.9 Å². The average molecular weight is 349 g/mol. The van der Waals surface area contributed by atoms with Crippen molar-refractivity contribution in [2.24, 2.45) is 5.41 Å². The molecule has 3 aromatic rings. The van der Waals surface area contributed by atoms with E-state index in [2.05, 4.69) is 5.32 Å². The fourth-order valence-electron chi connectivity index (χ4n) is 3.28. The van der Waals surface area contributed by atoms with Crippen LogP contribution in [0.4, 0.5) is 5.69 Å². The lowest BCUT2D eigenvalue weighted by Crippen LogP contribution is -2.37. The predicted molar refractivity (Wildman–Crippen MR) is 104 cm³/mol. The number of nitrogens with one attached hydrogen (secondary N) is 1. The first-order valence-corrected chi connectivity index (χ1v) is 8.55. The summed E-state index contributed by atoms with van der Waals surface area (Å²) in [4.78, 5) is 12.5. The molecule has 26 heavy (non-hydrogen) atoms. The molecule has 0 aliphatic carbocycles. The molecule has 0 heterocycles. The van der Waals surface area contributed by atoms with Crippen molar-refractivity contribution in [1.29, 1.82) is 0 Å². The van der Waals surface area contributed by atoms with Crippen molar-refractivity contribution in [2.75, 3.05) is 12.4 Å². The Balaban J connectivity index is 2.17. The first-order valence-electron chi connectivity index (χ1n) is 8.55. The second kappa shape index (κ2) is 7.08. The van der Waals surface area contributed by atoms with Gasteiger partial charge in [-0.1, -0.05) is 54.6 Å². The van der Waals surface area contributed by atoms with Crippen LogP contribution in [-0.2, 0) is 9.53 Å². The highest BCUT2D eigenvalue weighted by atomic mass is 16.5. The minimum Gasteiger partial charge on any atom is -0.506 e. The maximum Gasteiger partial charge on any atom is 0.313 e. The molecular formula is C22H23NO3. The molecule has 1 unspecified atom stereocenters. The topological polar surface area (TPSA) is 58.6 Å². The monoisotopic (exact) mass is 349 g/mol. The van der Waals surface area contributed by atoms with Crippen LogP contribution in [0.15, 0.2) is 66.7 Å². The van der Waals surface area contributed by atoms with Gasteiger partial charge in [0.2, 0.25) is 0 Å². The summed E-state index contributed by atoms with van der Waals surface area (Å²) in [5.41, 5.74) is 0.686. The molecule has 0 fully saturated rings. The van der Waals surface area contributed by atoms with Crippen LogP contribution in [0.3, 0.4) is 0 Å². The number of hydrogen-bond donors (Lipinski definition) is 2. The highest BCUT2D eigenvalue weighted by Crippen LogP contribution is 2.41. The van der Waals surface area contributed by atoms with Gasteiger partial charge in [-0.15, -0.1) is 0 Å². The Hall–Kier alpha value is -3.01. The minimum absolute atomic E-state index is 0.137. The zero-order valence-electron chi connectivity index (χ0n) is 15.2.